The summed E-state index contributed by atoms with van der Waals surface area (Å²) in [6.45, 7) is 3.40. The maximum atomic E-state index is 12.3. The molecule has 0 aliphatic carbocycles. The zero-order valence-electron chi connectivity index (χ0n) is 12.5. The highest BCUT2D eigenvalue weighted by Crippen LogP contribution is 2.23. The summed E-state index contributed by atoms with van der Waals surface area (Å²) >= 11 is 0. The Bertz CT molecular complexity index is 720. The Labute approximate surface area is 131 Å². The first-order valence-electron chi connectivity index (χ1n) is 7.28. The predicted octanol–water partition coefficient (Wildman–Crippen LogP) is 2.58. The average Bonchev–Trinajstić information content (AvgIpc) is 2.48. The third-order valence-electron chi connectivity index (χ3n) is 3.80. The normalized spacial score (nSPS) is 16.4. The largest absolute Gasteiger partial charge is 0.371 e. The maximum absolute atomic E-state index is 12.3. The van der Waals surface area contributed by atoms with Crippen LogP contribution >= 0.6 is 0 Å². The molecule has 2 aromatic carbocycles. The van der Waals surface area contributed by atoms with Crippen molar-refractivity contribution in [3.63, 3.8) is 0 Å². The van der Waals surface area contributed by atoms with Gasteiger partial charge in [0.25, 0.3) is 0 Å². The Balaban J connectivity index is 1.53. The van der Waals surface area contributed by atoms with E-state index in [4.69, 9.17) is 4.74 Å². The van der Waals surface area contributed by atoms with Crippen molar-refractivity contribution in [2.75, 3.05) is 13.1 Å². The molecule has 1 fully saturated rings. The highest BCUT2D eigenvalue weighted by atomic mass is 32.2. The number of rotatable bonds is 5. The molecular formula is C17H19NO3S. The van der Waals surface area contributed by atoms with Crippen molar-refractivity contribution < 1.29 is 13.2 Å². The molecule has 0 aromatic heterocycles. The fourth-order valence-electron chi connectivity index (χ4n) is 2.34. The van der Waals surface area contributed by atoms with Crippen molar-refractivity contribution in [3.05, 3.63) is 65.7 Å². The minimum absolute atomic E-state index is 0.0280. The van der Waals surface area contributed by atoms with Crippen molar-refractivity contribution in [1.82, 2.24) is 4.31 Å². The summed E-state index contributed by atoms with van der Waals surface area (Å²) in [7, 11) is -3.37. The van der Waals surface area contributed by atoms with Gasteiger partial charge in [0.05, 0.1) is 17.6 Å². The summed E-state index contributed by atoms with van der Waals surface area (Å²) in [4.78, 5) is 0.340. The smallest absolute Gasteiger partial charge is 0.243 e. The summed E-state index contributed by atoms with van der Waals surface area (Å²) < 4.78 is 31.9. The van der Waals surface area contributed by atoms with E-state index in [0.29, 0.717) is 24.6 Å². The zero-order chi connectivity index (χ0) is 15.6. The van der Waals surface area contributed by atoms with Crippen molar-refractivity contribution in [2.45, 2.75) is 24.5 Å². The Morgan fingerprint density at radius 1 is 1.05 bits per heavy atom. The summed E-state index contributed by atoms with van der Waals surface area (Å²) in [5.74, 6) is 0. The molecule has 0 radical (unpaired) electrons. The van der Waals surface area contributed by atoms with E-state index < -0.39 is 10.0 Å². The van der Waals surface area contributed by atoms with Crippen LogP contribution in [0.15, 0.2) is 59.5 Å². The number of hydrogen-bond donors (Lipinski definition) is 0. The van der Waals surface area contributed by atoms with Crippen LogP contribution in [0, 0.1) is 6.92 Å². The molecule has 0 spiro atoms. The van der Waals surface area contributed by atoms with Gasteiger partial charge in [0, 0.05) is 13.1 Å². The van der Waals surface area contributed by atoms with Crippen molar-refractivity contribution >= 4 is 10.0 Å². The number of benzene rings is 2. The lowest BCUT2D eigenvalue weighted by molar-refractivity contribution is -0.0295. The summed E-state index contributed by atoms with van der Waals surface area (Å²) in [6, 6.07) is 16.7. The molecular weight excluding hydrogens is 298 g/mol. The lowest BCUT2D eigenvalue weighted by atomic mass is 10.1. The van der Waals surface area contributed by atoms with Crippen molar-refractivity contribution in [2.24, 2.45) is 0 Å². The van der Waals surface area contributed by atoms with E-state index in [9.17, 15) is 8.42 Å². The van der Waals surface area contributed by atoms with Gasteiger partial charge in [-0.15, -0.1) is 0 Å². The van der Waals surface area contributed by atoms with Crippen LogP contribution in [0.4, 0.5) is 0 Å². The zero-order valence-corrected chi connectivity index (χ0v) is 13.3. The molecule has 3 rings (SSSR count). The van der Waals surface area contributed by atoms with Gasteiger partial charge < -0.3 is 4.74 Å². The third kappa shape index (κ3) is 3.21. The van der Waals surface area contributed by atoms with Crippen LogP contribution in [0.25, 0.3) is 0 Å². The van der Waals surface area contributed by atoms with Crippen LogP contribution in [0.5, 0.6) is 0 Å². The molecule has 2 aromatic rings. The molecule has 0 saturated carbocycles. The number of nitrogens with zero attached hydrogens (tertiary/aromatic N) is 1. The predicted molar refractivity (Wildman–Crippen MR) is 85.0 cm³/mol. The Hall–Kier alpha value is -1.69. The molecule has 1 aliphatic heterocycles. The van der Waals surface area contributed by atoms with Gasteiger partial charge in [-0.2, -0.15) is 4.31 Å². The van der Waals surface area contributed by atoms with Gasteiger partial charge in [-0.3, -0.25) is 0 Å². The van der Waals surface area contributed by atoms with Gasteiger partial charge in [-0.1, -0.05) is 48.0 Å². The van der Waals surface area contributed by atoms with Crippen LogP contribution in [0.2, 0.25) is 0 Å². The Morgan fingerprint density at radius 3 is 2.32 bits per heavy atom. The Kier molecular flexibility index (Phi) is 4.29. The molecule has 4 nitrogen and oxygen atoms in total. The van der Waals surface area contributed by atoms with E-state index >= 15 is 0 Å². The minimum atomic E-state index is -3.37. The van der Waals surface area contributed by atoms with E-state index in [2.05, 4.69) is 0 Å². The lowest BCUT2D eigenvalue weighted by Crippen LogP contribution is -2.54. The van der Waals surface area contributed by atoms with Crippen LogP contribution in [0.1, 0.15) is 11.1 Å². The van der Waals surface area contributed by atoms with Crippen LogP contribution < -0.4 is 0 Å². The van der Waals surface area contributed by atoms with Gasteiger partial charge in [-0.05, 0) is 24.6 Å². The fourth-order valence-corrected chi connectivity index (χ4v) is 3.87. The van der Waals surface area contributed by atoms with Gasteiger partial charge in [0.2, 0.25) is 10.0 Å². The fraction of sp³-hybridized carbons (Fsp3) is 0.294. The number of ether oxygens (including phenoxy) is 1. The van der Waals surface area contributed by atoms with Gasteiger partial charge in [0.1, 0.15) is 0 Å². The second-order valence-electron chi connectivity index (χ2n) is 5.55. The first kappa shape index (κ1) is 15.2. The van der Waals surface area contributed by atoms with Gasteiger partial charge in [0.15, 0.2) is 0 Å². The minimum Gasteiger partial charge on any atom is -0.371 e. The first-order chi connectivity index (χ1) is 10.6. The molecule has 0 unspecified atom stereocenters. The summed E-state index contributed by atoms with van der Waals surface area (Å²) in [5.41, 5.74) is 2.32. The van der Waals surface area contributed by atoms with Crippen LogP contribution in [0.3, 0.4) is 0 Å². The molecule has 1 heterocycles. The van der Waals surface area contributed by atoms with E-state index in [1.54, 1.807) is 24.3 Å². The Morgan fingerprint density at radius 2 is 1.68 bits per heavy atom. The average molecular weight is 317 g/mol. The molecule has 0 bridgehead atoms. The summed E-state index contributed by atoms with van der Waals surface area (Å²) in [5, 5.41) is 0. The van der Waals surface area contributed by atoms with Crippen LogP contribution in [-0.2, 0) is 21.4 Å². The molecule has 5 heteroatoms. The lowest BCUT2D eigenvalue weighted by Gasteiger charge is -2.37. The second-order valence-corrected chi connectivity index (χ2v) is 7.49. The maximum Gasteiger partial charge on any atom is 0.243 e. The number of hydrogen-bond acceptors (Lipinski definition) is 3. The standard InChI is InChI=1S/C17H19NO3S/c1-14-7-9-15(10-8-14)13-21-16-11-18(12-16)22(19,20)17-5-3-2-4-6-17/h2-10,16H,11-13H2,1H3. The van der Waals surface area contributed by atoms with Crippen molar-refractivity contribution in [1.29, 1.82) is 0 Å². The van der Waals surface area contributed by atoms with Crippen LogP contribution in [-0.4, -0.2) is 31.9 Å². The van der Waals surface area contributed by atoms with E-state index in [1.807, 2.05) is 37.3 Å². The summed E-state index contributed by atoms with van der Waals surface area (Å²) in [6.07, 6.45) is -0.0280. The van der Waals surface area contributed by atoms with Crippen molar-refractivity contribution in [3.8, 4) is 0 Å². The molecule has 0 amide bonds. The highest BCUT2D eigenvalue weighted by Gasteiger charge is 2.37. The van der Waals surface area contributed by atoms with E-state index in [0.717, 1.165) is 5.56 Å². The van der Waals surface area contributed by atoms with E-state index in [-0.39, 0.29) is 6.10 Å². The quantitative estimate of drug-likeness (QED) is 0.851. The molecule has 0 atom stereocenters. The monoisotopic (exact) mass is 317 g/mol. The second kappa shape index (κ2) is 6.20. The molecule has 1 aliphatic rings. The molecule has 116 valence electrons. The highest BCUT2D eigenvalue weighted by molar-refractivity contribution is 7.89. The molecule has 0 N–H and O–H groups in total. The topological polar surface area (TPSA) is 46.6 Å². The molecule has 1 saturated heterocycles. The number of aryl methyl sites for hydroxylation is 1. The third-order valence-corrected chi connectivity index (χ3v) is 5.65. The molecule has 22 heavy (non-hydrogen) atoms. The van der Waals surface area contributed by atoms with E-state index in [1.165, 1.54) is 9.87 Å². The first-order valence-corrected chi connectivity index (χ1v) is 8.72. The van der Waals surface area contributed by atoms with Gasteiger partial charge >= 0.3 is 0 Å². The van der Waals surface area contributed by atoms with Gasteiger partial charge in [-0.25, -0.2) is 8.42 Å². The number of sulfonamides is 1. The SMILES string of the molecule is Cc1ccc(COC2CN(S(=O)(=O)c3ccccc3)C2)cc1.